The predicted octanol–water partition coefficient (Wildman–Crippen LogP) is -1.33. The Balaban J connectivity index is 5.71. The number of carbonyl (C=O) groups excluding carboxylic acids is 5. The van der Waals surface area contributed by atoms with Crippen molar-refractivity contribution in [3.63, 3.8) is 0 Å². The van der Waals surface area contributed by atoms with Gasteiger partial charge in [-0.25, -0.2) is 10.0 Å². The van der Waals surface area contributed by atoms with Gasteiger partial charge in [0.05, 0.1) is 32.4 Å². The number of nitrogens with zero attached hydrogens (tertiary/aromatic N) is 4. The molecule has 0 saturated heterocycles. The quantitative estimate of drug-likeness (QED) is 0.0724. The molecule has 0 aliphatic rings. The Kier molecular flexibility index (Phi) is 16.8. The summed E-state index contributed by atoms with van der Waals surface area (Å²) < 4.78 is 0. The number of hydrogen-bond acceptors (Lipinski definition) is 8. The van der Waals surface area contributed by atoms with Crippen LogP contribution >= 0.6 is 0 Å². The second kappa shape index (κ2) is 19.2. The van der Waals surface area contributed by atoms with Crippen molar-refractivity contribution in [3.05, 3.63) is 0 Å². The minimum atomic E-state index is -1.23. The van der Waals surface area contributed by atoms with Gasteiger partial charge in [-0.15, -0.1) is 12.8 Å². The Morgan fingerprint density at radius 2 is 0.925 bits per heavy atom. The van der Waals surface area contributed by atoms with Crippen LogP contribution in [0.4, 0.5) is 0 Å². The van der Waals surface area contributed by atoms with E-state index < -0.39 is 80.3 Å². The third-order valence-corrected chi connectivity index (χ3v) is 5.32. The summed E-state index contributed by atoms with van der Waals surface area (Å²) in [6.07, 6.45) is 9.24. The van der Waals surface area contributed by atoms with Crippen molar-refractivity contribution in [1.82, 2.24) is 19.8 Å². The van der Waals surface area contributed by atoms with Gasteiger partial charge in [0.25, 0.3) is 0 Å². The number of rotatable bonds is 19. The van der Waals surface area contributed by atoms with E-state index in [9.17, 15) is 38.4 Å². The second-order valence-electron chi connectivity index (χ2n) is 8.15. The molecule has 0 aromatic heterocycles. The van der Waals surface area contributed by atoms with Crippen molar-refractivity contribution in [1.29, 1.82) is 0 Å². The van der Waals surface area contributed by atoms with Gasteiger partial charge < -0.3 is 29.9 Å². The molecular formula is C25H32N4O11. The number of carboxylic acids is 3. The third kappa shape index (κ3) is 14.1. The lowest BCUT2D eigenvalue weighted by molar-refractivity contribution is -0.158. The van der Waals surface area contributed by atoms with E-state index in [1.807, 2.05) is 0 Å². The molecule has 0 saturated carbocycles. The standard InChI is InChI=1S/C25H32N4O11/c1-3-19(31)28(16-7-21(33)26(12-5-6-18-30)13-9-23(35)36)29(20(32)4-2)17-8-22(34)27(14-10-24(37)38)15-11-25(39)40/h1-2,18H,5-17H2,(H,35,36)(H,37,38)(H,39,40). The van der Waals surface area contributed by atoms with E-state index in [2.05, 4.69) is 0 Å². The molecule has 15 heteroatoms. The van der Waals surface area contributed by atoms with Gasteiger partial charge >= 0.3 is 29.7 Å². The molecular weight excluding hydrogens is 532 g/mol. The molecule has 0 fully saturated rings. The van der Waals surface area contributed by atoms with E-state index in [0.717, 1.165) is 4.90 Å². The average molecular weight is 565 g/mol. The number of aliphatic carboxylic acids is 3. The summed E-state index contributed by atoms with van der Waals surface area (Å²) in [4.78, 5) is 96.0. The molecule has 0 bridgehead atoms. The molecule has 0 aromatic rings. The zero-order valence-corrected chi connectivity index (χ0v) is 21.8. The van der Waals surface area contributed by atoms with E-state index in [-0.39, 0.29) is 45.4 Å². The molecule has 3 N–H and O–H groups in total. The topological polar surface area (TPSA) is 210 Å². The molecule has 0 atom stereocenters. The molecule has 0 rings (SSSR count). The number of amides is 4. The highest BCUT2D eigenvalue weighted by Gasteiger charge is 2.27. The first-order valence-corrected chi connectivity index (χ1v) is 12.1. The molecule has 40 heavy (non-hydrogen) atoms. The Bertz CT molecular complexity index is 1030. The van der Waals surface area contributed by atoms with Gasteiger partial charge in [-0.3, -0.25) is 33.6 Å². The van der Waals surface area contributed by atoms with Crippen LogP contribution in [0.15, 0.2) is 0 Å². The van der Waals surface area contributed by atoms with Gasteiger partial charge in [0.1, 0.15) is 6.29 Å². The SMILES string of the molecule is C#CC(=O)N(CCC(=O)N(CCCC=O)CCC(=O)O)N(CCC(=O)N(CCC(=O)O)CCC(=O)O)C(=O)C#C. The highest BCUT2D eigenvalue weighted by atomic mass is 16.4. The Labute approximate surface area is 230 Å². The lowest BCUT2D eigenvalue weighted by Crippen LogP contribution is -2.51. The molecule has 0 spiro atoms. The summed E-state index contributed by atoms with van der Waals surface area (Å²) >= 11 is 0. The van der Waals surface area contributed by atoms with Crippen LogP contribution in [0.1, 0.15) is 44.9 Å². The minimum absolute atomic E-state index is 0.0674. The van der Waals surface area contributed by atoms with E-state index >= 15 is 0 Å². The van der Waals surface area contributed by atoms with Crippen molar-refractivity contribution < 1.29 is 53.7 Å². The molecule has 0 aliphatic heterocycles. The lowest BCUT2D eigenvalue weighted by Gasteiger charge is -2.33. The smallest absolute Gasteiger partial charge is 0.316 e. The zero-order valence-electron chi connectivity index (χ0n) is 21.8. The molecule has 218 valence electrons. The largest absolute Gasteiger partial charge is 0.481 e. The highest BCUT2D eigenvalue weighted by Crippen LogP contribution is 2.09. The van der Waals surface area contributed by atoms with Gasteiger partial charge in [0.15, 0.2) is 0 Å². The molecule has 0 aromatic carbocycles. The first-order chi connectivity index (χ1) is 18.9. The first kappa shape index (κ1) is 35.1. The fourth-order valence-corrected chi connectivity index (χ4v) is 3.31. The summed E-state index contributed by atoms with van der Waals surface area (Å²) in [5.41, 5.74) is 0. The minimum Gasteiger partial charge on any atom is -0.481 e. The summed E-state index contributed by atoms with van der Waals surface area (Å²) in [6, 6.07) is 0. The number of carbonyl (C=O) groups is 8. The maximum atomic E-state index is 12.8. The normalized spacial score (nSPS) is 9.85. The Hall–Kier alpha value is -4.92. The second-order valence-corrected chi connectivity index (χ2v) is 8.15. The summed E-state index contributed by atoms with van der Waals surface area (Å²) in [6.45, 7) is -1.69. The molecule has 15 nitrogen and oxygen atoms in total. The number of unbranched alkanes of at least 4 members (excludes halogenated alkanes) is 1. The maximum Gasteiger partial charge on any atom is 0.316 e. The average Bonchev–Trinajstić information content (AvgIpc) is 2.90. The molecule has 0 aliphatic carbocycles. The Morgan fingerprint density at radius 1 is 0.575 bits per heavy atom. The highest BCUT2D eigenvalue weighted by molar-refractivity contribution is 5.98. The predicted molar refractivity (Wildman–Crippen MR) is 136 cm³/mol. The van der Waals surface area contributed by atoms with Gasteiger partial charge in [0, 0.05) is 45.4 Å². The van der Waals surface area contributed by atoms with Crippen LogP contribution in [0, 0.1) is 24.7 Å². The van der Waals surface area contributed by atoms with Gasteiger partial charge in [-0.05, 0) is 18.3 Å². The summed E-state index contributed by atoms with van der Waals surface area (Å²) in [5, 5.41) is 28.1. The number of aldehydes is 1. The lowest BCUT2D eigenvalue weighted by atomic mass is 10.2. The van der Waals surface area contributed by atoms with Crippen LogP contribution in [-0.4, -0.2) is 122 Å². The van der Waals surface area contributed by atoms with Crippen LogP contribution in [0.2, 0.25) is 0 Å². The monoisotopic (exact) mass is 564 g/mol. The first-order valence-electron chi connectivity index (χ1n) is 12.1. The van der Waals surface area contributed by atoms with Crippen LogP contribution in [0.25, 0.3) is 0 Å². The van der Waals surface area contributed by atoms with Crippen molar-refractivity contribution in [2.24, 2.45) is 0 Å². The van der Waals surface area contributed by atoms with E-state index in [4.69, 9.17) is 28.2 Å². The number of terminal acetylenes is 2. The summed E-state index contributed by atoms with van der Waals surface area (Å²) in [5.74, 6) is -3.51. The third-order valence-electron chi connectivity index (χ3n) is 5.32. The Morgan fingerprint density at radius 3 is 1.23 bits per heavy atom. The van der Waals surface area contributed by atoms with Crippen LogP contribution in [0.3, 0.4) is 0 Å². The van der Waals surface area contributed by atoms with Gasteiger partial charge in [0.2, 0.25) is 11.8 Å². The fraction of sp³-hybridized carbons (Fsp3) is 0.520. The van der Waals surface area contributed by atoms with Crippen LogP contribution in [-0.2, 0) is 38.4 Å². The van der Waals surface area contributed by atoms with Crippen molar-refractivity contribution >= 4 is 47.8 Å². The number of hydrazine groups is 1. The van der Waals surface area contributed by atoms with Crippen molar-refractivity contribution in [3.8, 4) is 24.7 Å². The van der Waals surface area contributed by atoms with Gasteiger partial charge in [-0.1, -0.05) is 0 Å². The maximum absolute atomic E-state index is 12.8. The number of hydrogen-bond donors (Lipinski definition) is 3. The molecule has 4 amide bonds. The molecule has 0 unspecified atom stereocenters. The van der Waals surface area contributed by atoms with E-state index in [1.165, 1.54) is 4.90 Å². The molecule has 0 heterocycles. The van der Waals surface area contributed by atoms with Crippen molar-refractivity contribution in [2.45, 2.75) is 44.9 Å². The fourth-order valence-electron chi connectivity index (χ4n) is 3.31. The van der Waals surface area contributed by atoms with Crippen LogP contribution in [0.5, 0.6) is 0 Å². The van der Waals surface area contributed by atoms with E-state index in [0.29, 0.717) is 16.3 Å². The zero-order chi connectivity index (χ0) is 30.7. The van der Waals surface area contributed by atoms with E-state index in [1.54, 1.807) is 11.8 Å². The number of carboxylic acid groups (broad SMARTS) is 3. The molecule has 0 radical (unpaired) electrons. The van der Waals surface area contributed by atoms with Gasteiger partial charge in [-0.2, -0.15) is 0 Å². The van der Waals surface area contributed by atoms with Crippen molar-refractivity contribution in [2.75, 3.05) is 39.3 Å². The summed E-state index contributed by atoms with van der Waals surface area (Å²) in [7, 11) is 0. The van der Waals surface area contributed by atoms with Crippen LogP contribution < -0.4 is 0 Å².